The third-order valence-electron chi connectivity index (χ3n) is 3.73. The van der Waals surface area contributed by atoms with Crippen LogP contribution in [0.15, 0.2) is 65.3 Å². The molecular weight excluding hydrogens is 340 g/mol. The Kier molecular flexibility index (Phi) is 3.95. The Morgan fingerprint density at radius 2 is 2.00 bits per heavy atom. The largest absolute Gasteiger partial charge is 0.416 e. The van der Waals surface area contributed by atoms with E-state index in [1.807, 2.05) is 42.5 Å². The van der Waals surface area contributed by atoms with Gasteiger partial charge < -0.3 is 9.73 Å². The molecule has 25 heavy (non-hydrogen) atoms. The highest BCUT2D eigenvalue weighted by Crippen LogP contribution is 2.26. The summed E-state index contributed by atoms with van der Waals surface area (Å²) in [5.41, 5.74) is 2.29. The van der Waals surface area contributed by atoms with Crippen molar-refractivity contribution in [1.82, 2.24) is 19.9 Å². The Labute approximate surface area is 148 Å². The molecule has 0 bridgehead atoms. The summed E-state index contributed by atoms with van der Waals surface area (Å²) in [6, 6.07) is 16.8. The molecule has 0 spiro atoms. The molecule has 4 aromatic rings. The van der Waals surface area contributed by atoms with E-state index < -0.39 is 0 Å². The first-order valence-electron chi connectivity index (χ1n) is 7.63. The van der Waals surface area contributed by atoms with Gasteiger partial charge in [0.25, 0.3) is 5.91 Å². The predicted molar refractivity (Wildman–Crippen MR) is 93.3 cm³/mol. The second-order valence-corrected chi connectivity index (χ2v) is 5.85. The molecule has 2 aromatic heterocycles. The van der Waals surface area contributed by atoms with Gasteiger partial charge in [-0.1, -0.05) is 54.1 Å². The Balaban J connectivity index is 1.66. The fourth-order valence-corrected chi connectivity index (χ4v) is 2.82. The molecule has 0 radical (unpaired) electrons. The van der Waals surface area contributed by atoms with Crippen molar-refractivity contribution in [2.24, 2.45) is 0 Å². The van der Waals surface area contributed by atoms with E-state index in [9.17, 15) is 4.79 Å². The molecule has 0 saturated carbocycles. The summed E-state index contributed by atoms with van der Waals surface area (Å²) in [6.07, 6.45) is 1.39. The van der Waals surface area contributed by atoms with Crippen molar-refractivity contribution in [2.75, 3.05) is 0 Å². The summed E-state index contributed by atoms with van der Waals surface area (Å²) < 4.78 is 7.14. The number of carbonyl (C=O) groups is 1. The van der Waals surface area contributed by atoms with Gasteiger partial charge in [0.05, 0.1) is 0 Å². The van der Waals surface area contributed by atoms with E-state index in [0.717, 1.165) is 11.1 Å². The minimum Gasteiger partial charge on any atom is -0.416 e. The maximum atomic E-state index is 12.7. The number of rotatable bonds is 4. The average molecular weight is 353 g/mol. The number of fused-ring (bicyclic) bond motifs is 1. The first kappa shape index (κ1) is 15.4. The van der Waals surface area contributed by atoms with Crippen molar-refractivity contribution in [3.63, 3.8) is 0 Å². The highest BCUT2D eigenvalue weighted by Gasteiger charge is 2.23. The quantitative estimate of drug-likeness (QED) is 0.609. The van der Waals surface area contributed by atoms with Crippen LogP contribution in [0.5, 0.6) is 0 Å². The molecule has 0 atom stereocenters. The van der Waals surface area contributed by atoms with Gasteiger partial charge in [0.2, 0.25) is 5.76 Å². The molecule has 0 aliphatic carbocycles. The van der Waals surface area contributed by atoms with Crippen molar-refractivity contribution < 1.29 is 9.21 Å². The van der Waals surface area contributed by atoms with Crippen molar-refractivity contribution in [1.29, 1.82) is 0 Å². The molecular formula is C18H13ClN4O2. The van der Waals surface area contributed by atoms with E-state index in [2.05, 4.69) is 15.4 Å². The molecule has 1 N–H and O–H groups in total. The van der Waals surface area contributed by atoms with Crippen LogP contribution in [0.2, 0.25) is 5.02 Å². The van der Waals surface area contributed by atoms with E-state index in [-0.39, 0.29) is 17.5 Å². The molecule has 2 heterocycles. The fraction of sp³-hybridized carbons (Fsp3) is 0.0556. The van der Waals surface area contributed by atoms with Gasteiger partial charge in [-0.3, -0.25) is 4.79 Å². The highest BCUT2D eigenvalue weighted by atomic mass is 35.5. The topological polar surface area (TPSA) is 72.4 Å². The van der Waals surface area contributed by atoms with E-state index in [1.54, 1.807) is 12.1 Å². The summed E-state index contributed by atoms with van der Waals surface area (Å²) in [4.78, 5) is 16.7. The predicted octanol–water partition coefficient (Wildman–Crippen LogP) is 3.57. The third-order valence-corrected chi connectivity index (χ3v) is 3.97. The smallest absolute Gasteiger partial charge is 0.325 e. The molecule has 0 unspecified atom stereocenters. The Morgan fingerprint density at radius 1 is 1.16 bits per heavy atom. The van der Waals surface area contributed by atoms with Crippen LogP contribution in [0.25, 0.3) is 17.1 Å². The summed E-state index contributed by atoms with van der Waals surface area (Å²) in [5.74, 6) is 0.0988. The van der Waals surface area contributed by atoms with Gasteiger partial charge in [0.15, 0.2) is 0 Å². The Hall–Kier alpha value is -3.12. The van der Waals surface area contributed by atoms with Gasteiger partial charge in [0, 0.05) is 17.1 Å². The van der Waals surface area contributed by atoms with E-state index in [0.29, 0.717) is 17.3 Å². The number of aromatic nitrogens is 3. The first-order chi connectivity index (χ1) is 12.2. The highest BCUT2D eigenvalue weighted by molar-refractivity contribution is 6.30. The maximum absolute atomic E-state index is 12.7. The zero-order valence-corrected chi connectivity index (χ0v) is 13.8. The number of benzene rings is 2. The maximum Gasteiger partial charge on any atom is 0.325 e. The summed E-state index contributed by atoms with van der Waals surface area (Å²) >= 11 is 5.97. The lowest BCUT2D eigenvalue weighted by Crippen LogP contribution is -2.23. The number of nitrogens with zero attached hydrogens (tertiary/aromatic N) is 3. The van der Waals surface area contributed by atoms with Crippen LogP contribution in [0.1, 0.15) is 16.1 Å². The summed E-state index contributed by atoms with van der Waals surface area (Å²) in [5, 5.41) is 7.61. The molecule has 7 heteroatoms. The normalized spacial score (nSPS) is 10.9. The molecule has 6 nitrogen and oxygen atoms in total. The number of nitrogens with one attached hydrogen (secondary N) is 1. The number of hydrogen-bond donors (Lipinski definition) is 1. The number of amides is 1. The number of carbonyl (C=O) groups excluding carboxylic acids is 1. The number of hydrogen-bond acceptors (Lipinski definition) is 4. The standard InChI is InChI=1S/C18H13ClN4O2/c19-14-8-4-5-12(9-14)10-20-17(24)16-15(13-6-2-1-3-7-13)23-18(25-16)21-11-22-23/h1-9,11H,10H2,(H,20,24). The van der Waals surface area contributed by atoms with Crippen LogP contribution >= 0.6 is 11.6 Å². The molecule has 2 aromatic carbocycles. The van der Waals surface area contributed by atoms with E-state index in [4.69, 9.17) is 16.0 Å². The minimum absolute atomic E-state index is 0.170. The third kappa shape index (κ3) is 2.99. The SMILES string of the molecule is O=C(NCc1cccc(Cl)c1)c1oc2ncnn2c1-c1ccccc1. The van der Waals surface area contributed by atoms with Gasteiger partial charge in [0.1, 0.15) is 12.0 Å². The lowest BCUT2D eigenvalue weighted by Gasteiger charge is -2.06. The van der Waals surface area contributed by atoms with Crippen molar-refractivity contribution in [2.45, 2.75) is 6.54 Å². The van der Waals surface area contributed by atoms with Gasteiger partial charge >= 0.3 is 5.84 Å². The van der Waals surface area contributed by atoms with Crippen LogP contribution in [-0.2, 0) is 6.54 Å². The van der Waals surface area contributed by atoms with Crippen LogP contribution in [-0.4, -0.2) is 20.5 Å². The number of oxazole rings is 1. The molecule has 1 amide bonds. The second-order valence-electron chi connectivity index (χ2n) is 5.41. The lowest BCUT2D eigenvalue weighted by atomic mass is 10.1. The molecule has 4 rings (SSSR count). The Bertz CT molecular complexity index is 1040. The molecule has 124 valence electrons. The zero-order valence-electron chi connectivity index (χ0n) is 13.0. The van der Waals surface area contributed by atoms with E-state index in [1.165, 1.54) is 10.8 Å². The summed E-state index contributed by atoms with van der Waals surface area (Å²) in [7, 11) is 0. The van der Waals surface area contributed by atoms with Crippen molar-refractivity contribution in [3.05, 3.63) is 77.3 Å². The second kappa shape index (κ2) is 6.41. The summed E-state index contributed by atoms with van der Waals surface area (Å²) in [6.45, 7) is 0.337. The zero-order chi connectivity index (χ0) is 17.2. The van der Waals surface area contributed by atoms with Gasteiger partial charge in [-0.25, -0.2) is 0 Å². The van der Waals surface area contributed by atoms with Crippen LogP contribution in [0, 0.1) is 0 Å². The van der Waals surface area contributed by atoms with Crippen molar-refractivity contribution in [3.8, 4) is 11.3 Å². The van der Waals surface area contributed by atoms with Crippen molar-refractivity contribution >= 4 is 23.4 Å². The number of halogens is 1. The van der Waals surface area contributed by atoms with Crippen LogP contribution in [0.4, 0.5) is 0 Å². The average Bonchev–Trinajstić information content (AvgIpc) is 3.21. The Morgan fingerprint density at radius 3 is 2.80 bits per heavy atom. The minimum atomic E-state index is -0.342. The van der Waals surface area contributed by atoms with Crippen LogP contribution in [0.3, 0.4) is 0 Å². The molecule has 0 aliphatic rings. The monoisotopic (exact) mass is 352 g/mol. The van der Waals surface area contributed by atoms with E-state index >= 15 is 0 Å². The van der Waals surface area contributed by atoms with Crippen LogP contribution < -0.4 is 5.32 Å². The first-order valence-corrected chi connectivity index (χ1v) is 8.01. The molecule has 0 saturated heterocycles. The van der Waals surface area contributed by atoms with Gasteiger partial charge in [-0.15, -0.1) is 0 Å². The lowest BCUT2D eigenvalue weighted by molar-refractivity contribution is 0.0926. The fourth-order valence-electron chi connectivity index (χ4n) is 2.60. The molecule has 0 fully saturated rings. The van der Waals surface area contributed by atoms with Gasteiger partial charge in [-0.2, -0.15) is 14.6 Å². The molecule has 0 aliphatic heterocycles. The van der Waals surface area contributed by atoms with Gasteiger partial charge in [-0.05, 0) is 17.7 Å².